The summed E-state index contributed by atoms with van der Waals surface area (Å²) in [6.45, 7) is 2.04. The van der Waals surface area contributed by atoms with Gasteiger partial charge >= 0.3 is 0 Å². The topological polar surface area (TPSA) is 74.5 Å². The molecule has 0 bridgehead atoms. The zero-order valence-electron chi connectivity index (χ0n) is 13.5. The summed E-state index contributed by atoms with van der Waals surface area (Å²) in [5.41, 5.74) is -0.434. The third-order valence-electron chi connectivity index (χ3n) is 4.55. The van der Waals surface area contributed by atoms with Crippen molar-refractivity contribution in [2.45, 2.75) is 43.7 Å². The number of nitriles is 1. The molecule has 0 aromatic heterocycles. The van der Waals surface area contributed by atoms with E-state index in [4.69, 9.17) is 14.7 Å². The maximum atomic E-state index is 9.91. The molecule has 5 heteroatoms. The van der Waals surface area contributed by atoms with Crippen LogP contribution in [0, 0.1) is 11.3 Å². The van der Waals surface area contributed by atoms with Gasteiger partial charge < -0.3 is 14.6 Å². The molecule has 1 aromatic rings. The average Bonchev–Trinajstić information content (AvgIpc) is 3.02. The highest BCUT2D eigenvalue weighted by atomic mass is 16.5. The van der Waals surface area contributed by atoms with Gasteiger partial charge in [-0.25, -0.2) is 0 Å². The highest BCUT2D eigenvalue weighted by Gasteiger charge is 2.37. The second-order valence-corrected chi connectivity index (χ2v) is 6.09. The second kappa shape index (κ2) is 6.55. The normalized spacial score (nSPS) is 19.2. The predicted molar refractivity (Wildman–Crippen MR) is 83.9 cm³/mol. The highest BCUT2D eigenvalue weighted by molar-refractivity contribution is 5.45. The first kappa shape index (κ1) is 16.6. The minimum atomic E-state index is -1.51. The molecule has 1 fully saturated rings. The van der Waals surface area contributed by atoms with Gasteiger partial charge in [-0.1, -0.05) is 18.9 Å². The van der Waals surface area contributed by atoms with Crippen molar-refractivity contribution in [1.82, 2.24) is 5.32 Å². The molecule has 120 valence electrons. The van der Waals surface area contributed by atoms with Crippen LogP contribution in [0.25, 0.3) is 0 Å². The molecule has 1 aliphatic rings. The Hall–Kier alpha value is -1.77. The van der Waals surface area contributed by atoms with E-state index in [1.807, 2.05) is 18.2 Å². The van der Waals surface area contributed by atoms with E-state index in [1.165, 1.54) is 6.92 Å². The highest BCUT2D eigenvalue weighted by Crippen LogP contribution is 2.43. The van der Waals surface area contributed by atoms with E-state index in [9.17, 15) is 5.11 Å². The third-order valence-corrected chi connectivity index (χ3v) is 4.55. The molecule has 0 spiro atoms. The first-order chi connectivity index (χ1) is 10.5. The van der Waals surface area contributed by atoms with Gasteiger partial charge in [0.15, 0.2) is 11.5 Å². The summed E-state index contributed by atoms with van der Waals surface area (Å²) in [4.78, 5) is 0. The Kier molecular flexibility index (Phi) is 4.94. The fourth-order valence-corrected chi connectivity index (χ4v) is 3.17. The van der Waals surface area contributed by atoms with Crippen LogP contribution in [0.1, 0.15) is 38.2 Å². The van der Waals surface area contributed by atoms with Gasteiger partial charge in [-0.05, 0) is 37.5 Å². The van der Waals surface area contributed by atoms with Gasteiger partial charge in [0.2, 0.25) is 5.72 Å². The maximum absolute atomic E-state index is 9.91. The standard InChI is InChI=1S/C17H24N2O3/c1-16(20,11-18)19-12-17(8-4-5-9-17)13-6-7-14(21-2)15(10-13)22-3/h6-7,10,19-20H,4-5,8-9,12H2,1-3H3/t16-/m0/s1. The molecule has 1 aromatic carbocycles. The van der Waals surface area contributed by atoms with Crippen molar-refractivity contribution >= 4 is 0 Å². The lowest BCUT2D eigenvalue weighted by molar-refractivity contribution is 0.0738. The molecule has 0 radical (unpaired) electrons. The number of nitrogens with one attached hydrogen (secondary N) is 1. The van der Waals surface area contributed by atoms with E-state index < -0.39 is 5.72 Å². The number of benzene rings is 1. The van der Waals surface area contributed by atoms with Crippen molar-refractivity contribution in [1.29, 1.82) is 5.26 Å². The SMILES string of the molecule is COc1ccc(C2(CN[C@@](C)(O)C#N)CCCC2)cc1OC. The van der Waals surface area contributed by atoms with E-state index in [0.717, 1.165) is 31.2 Å². The lowest BCUT2D eigenvalue weighted by Gasteiger charge is -2.33. The van der Waals surface area contributed by atoms with Gasteiger partial charge in [-0.2, -0.15) is 5.26 Å². The number of rotatable bonds is 6. The van der Waals surface area contributed by atoms with Gasteiger partial charge in [0, 0.05) is 12.0 Å². The van der Waals surface area contributed by atoms with Gasteiger partial charge in [0.25, 0.3) is 0 Å². The van der Waals surface area contributed by atoms with Crippen molar-refractivity contribution in [3.05, 3.63) is 23.8 Å². The molecule has 1 atom stereocenters. The Morgan fingerprint density at radius 1 is 1.27 bits per heavy atom. The van der Waals surface area contributed by atoms with Crippen LogP contribution in [-0.4, -0.2) is 31.6 Å². The summed E-state index contributed by atoms with van der Waals surface area (Å²) in [5, 5.41) is 21.9. The molecule has 0 unspecified atom stereocenters. The van der Waals surface area contributed by atoms with Crippen LogP contribution in [0.3, 0.4) is 0 Å². The van der Waals surface area contributed by atoms with E-state index in [2.05, 4.69) is 11.4 Å². The zero-order chi connectivity index (χ0) is 16.2. The monoisotopic (exact) mass is 304 g/mol. The number of hydrogen-bond donors (Lipinski definition) is 2. The molecule has 5 nitrogen and oxygen atoms in total. The van der Waals surface area contributed by atoms with E-state index in [-0.39, 0.29) is 5.41 Å². The largest absolute Gasteiger partial charge is 0.493 e. The molecule has 2 rings (SSSR count). The molecule has 0 aliphatic heterocycles. The van der Waals surface area contributed by atoms with Crippen molar-refractivity contribution in [2.75, 3.05) is 20.8 Å². The van der Waals surface area contributed by atoms with Gasteiger partial charge in [-0.15, -0.1) is 0 Å². The summed E-state index contributed by atoms with van der Waals surface area (Å²) in [6, 6.07) is 7.85. The van der Waals surface area contributed by atoms with Crippen LogP contribution >= 0.6 is 0 Å². The Bertz CT molecular complexity index is 558. The Labute approximate surface area is 131 Å². The lowest BCUT2D eigenvalue weighted by Crippen LogP contribution is -2.47. The lowest BCUT2D eigenvalue weighted by atomic mass is 9.78. The third kappa shape index (κ3) is 3.34. The maximum Gasteiger partial charge on any atom is 0.202 e. The first-order valence-electron chi connectivity index (χ1n) is 7.57. The van der Waals surface area contributed by atoms with E-state index in [0.29, 0.717) is 18.0 Å². The number of aliphatic hydroxyl groups is 1. The molecule has 2 N–H and O–H groups in total. The number of hydrogen-bond acceptors (Lipinski definition) is 5. The van der Waals surface area contributed by atoms with Crippen LogP contribution in [-0.2, 0) is 5.41 Å². The number of methoxy groups -OCH3 is 2. The Balaban J connectivity index is 2.30. The fourth-order valence-electron chi connectivity index (χ4n) is 3.17. The second-order valence-electron chi connectivity index (χ2n) is 6.09. The minimum Gasteiger partial charge on any atom is -0.493 e. The molecular formula is C17H24N2O3. The first-order valence-corrected chi connectivity index (χ1v) is 7.57. The van der Waals surface area contributed by atoms with Crippen molar-refractivity contribution in [3.63, 3.8) is 0 Å². The summed E-state index contributed by atoms with van der Waals surface area (Å²) in [5.74, 6) is 1.41. The molecule has 1 saturated carbocycles. The number of ether oxygens (including phenoxy) is 2. The summed E-state index contributed by atoms with van der Waals surface area (Å²) in [7, 11) is 3.25. The molecule has 0 saturated heterocycles. The van der Waals surface area contributed by atoms with Crippen molar-refractivity contribution in [2.24, 2.45) is 0 Å². The molecular weight excluding hydrogens is 280 g/mol. The molecule has 1 aliphatic carbocycles. The summed E-state index contributed by atoms with van der Waals surface area (Å²) in [6.07, 6.45) is 4.34. The van der Waals surface area contributed by atoms with Crippen LogP contribution in [0.5, 0.6) is 11.5 Å². The minimum absolute atomic E-state index is 0.0829. The smallest absolute Gasteiger partial charge is 0.202 e. The molecule has 0 amide bonds. The van der Waals surface area contributed by atoms with Crippen molar-refractivity contribution in [3.8, 4) is 17.6 Å². The number of nitrogens with zero attached hydrogens (tertiary/aromatic N) is 1. The van der Waals surface area contributed by atoms with Crippen LogP contribution in [0.2, 0.25) is 0 Å². The fraction of sp³-hybridized carbons (Fsp3) is 0.588. The zero-order valence-corrected chi connectivity index (χ0v) is 13.5. The van der Waals surface area contributed by atoms with E-state index in [1.54, 1.807) is 14.2 Å². The molecule has 22 heavy (non-hydrogen) atoms. The average molecular weight is 304 g/mol. The quantitative estimate of drug-likeness (QED) is 0.623. The predicted octanol–water partition coefficient (Wildman–Crippen LogP) is 2.34. The van der Waals surface area contributed by atoms with Gasteiger partial charge in [0.1, 0.15) is 6.07 Å². The van der Waals surface area contributed by atoms with E-state index >= 15 is 0 Å². The van der Waals surface area contributed by atoms with Crippen molar-refractivity contribution < 1.29 is 14.6 Å². The van der Waals surface area contributed by atoms with Crippen LogP contribution in [0.15, 0.2) is 18.2 Å². The summed E-state index contributed by atoms with van der Waals surface area (Å²) < 4.78 is 10.7. The van der Waals surface area contributed by atoms with Crippen LogP contribution < -0.4 is 14.8 Å². The summed E-state index contributed by atoms with van der Waals surface area (Å²) >= 11 is 0. The van der Waals surface area contributed by atoms with Gasteiger partial charge in [-0.3, -0.25) is 5.32 Å². The Morgan fingerprint density at radius 2 is 1.91 bits per heavy atom. The Morgan fingerprint density at radius 3 is 2.45 bits per heavy atom. The van der Waals surface area contributed by atoms with Gasteiger partial charge in [0.05, 0.1) is 14.2 Å². The van der Waals surface area contributed by atoms with Crippen LogP contribution in [0.4, 0.5) is 0 Å². The molecule has 0 heterocycles.